The van der Waals surface area contributed by atoms with E-state index < -0.39 is 34.5 Å². The number of rotatable bonds is 14. The first-order valence-corrected chi connectivity index (χ1v) is 26.9. The summed E-state index contributed by atoms with van der Waals surface area (Å²) in [5.74, 6) is -1.02. The average Bonchev–Trinajstić information content (AvgIpc) is 4.07. The summed E-state index contributed by atoms with van der Waals surface area (Å²) in [6, 6.07) is 25.5. The third-order valence-corrected chi connectivity index (χ3v) is 13.9. The highest BCUT2D eigenvalue weighted by Gasteiger charge is 2.46. The number of nitrogens with zero attached hydrogens (tertiary/aromatic N) is 6. The standard InChI is InChI=1S/C31H41FN4O3.C27H33FN4O3.C2HF3O2/c1-21-10-8-12-24(27(21)32)38-23-14-17-31(18-15-23,28(37)39-30(5,6)7)20-22-11-9-13-25(34-22)35-26-16-19-33-36(26)29(2,3)4;1-18-7-5-9-21(24(18)28)35-20-11-14-27(15-12-20,25(33)34)17-19-8-6-10-22(30-19)31-23-13-16-29-32(23)26(2,3)4;3-2(4,5)1(6)7/h8-13,16,19,23H,14-15,17-18,20H2,1-7H3,(H,34,35);5-10,13,16,20H,11-12,14-15,17H2,1-4H3,(H,30,31)(H,33,34);(H,6,7). The highest BCUT2D eigenvalue weighted by atomic mass is 19.4. The number of carboxylic acids is 2. The molecule has 0 bridgehead atoms. The molecule has 6 aromatic rings. The summed E-state index contributed by atoms with van der Waals surface area (Å²) in [6.07, 6.45) is 3.14. The number of carbonyl (C=O) groups excluding carboxylic acids is 1. The molecular formula is C60H75F5N8O8. The predicted molar refractivity (Wildman–Crippen MR) is 297 cm³/mol. The van der Waals surface area contributed by atoms with Crippen molar-refractivity contribution in [1.82, 2.24) is 29.5 Å². The van der Waals surface area contributed by atoms with Crippen molar-refractivity contribution in [2.75, 3.05) is 10.6 Å². The van der Waals surface area contributed by atoms with E-state index in [0.717, 1.165) is 17.3 Å². The zero-order valence-electron chi connectivity index (χ0n) is 47.9. The lowest BCUT2D eigenvalue weighted by Crippen LogP contribution is -2.44. The first kappa shape index (κ1) is 62.6. The van der Waals surface area contributed by atoms with Crippen molar-refractivity contribution in [3.63, 3.8) is 0 Å². The topological polar surface area (TPSA) is 205 Å². The number of carbonyl (C=O) groups is 3. The van der Waals surface area contributed by atoms with Gasteiger partial charge in [0.15, 0.2) is 23.1 Å². The van der Waals surface area contributed by atoms with Crippen LogP contribution >= 0.6 is 0 Å². The Morgan fingerprint density at radius 2 is 0.963 bits per heavy atom. The van der Waals surface area contributed by atoms with Gasteiger partial charge in [-0.2, -0.15) is 23.4 Å². The molecular weight excluding hydrogens is 1060 g/mol. The average molecular weight is 1130 g/mol. The molecule has 0 aliphatic heterocycles. The molecule has 2 saturated carbocycles. The Hall–Kier alpha value is -7.58. The fraction of sp³-hybridized carbons (Fsp3) is 0.483. The molecule has 2 aliphatic carbocycles. The van der Waals surface area contributed by atoms with Gasteiger partial charge in [-0.15, -0.1) is 0 Å². The highest BCUT2D eigenvalue weighted by molar-refractivity contribution is 5.78. The summed E-state index contributed by atoms with van der Waals surface area (Å²) in [5.41, 5.74) is -0.0592. The molecule has 16 nitrogen and oxygen atoms in total. The summed E-state index contributed by atoms with van der Waals surface area (Å²) in [4.78, 5) is 44.5. The van der Waals surface area contributed by atoms with Gasteiger partial charge in [0, 0.05) is 36.4 Å². The fourth-order valence-electron chi connectivity index (χ4n) is 9.73. The molecule has 438 valence electrons. The minimum Gasteiger partial charge on any atom is -0.487 e. The molecule has 0 amide bonds. The minimum atomic E-state index is -5.08. The number of nitrogens with one attached hydrogen (secondary N) is 2. The summed E-state index contributed by atoms with van der Waals surface area (Å²) in [6.45, 7) is 21.6. The van der Waals surface area contributed by atoms with E-state index in [1.807, 2.05) is 78.7 Å². The van der Waals surface area contributed by atoms with Gasteiger partial charge in [-0.05, 0) is 175 Å². The normalized spacial score (nSPS) is 19.4. The van der Waals surface area contributed by atoms with Crippen LogP contribution in [-0.4, -0.2) is 81.6 Å². The Morgan fingerprint density at radius 3 is 1.32 bits per heavy atom. The van der Waals surface area contributed by atoms with Crippen LogP contribution in [0.15, 0.2) is 97.3 Å². The third kappa shape index (κ3) is 17.0. The molecule has 81 heavy (non-hydrogen) atoms. The number of pyridine rings is 2. The summed E-state index contributed by atoms with van der Waals surface area (Å²) >= 11 is 0. The number of anilines is 4. The molecule has 0 radical (unpaired) electrons. The molecule has 4 aromatic heterocycles. The van der Waals surface area contributed by atoms with Crippen LogP contribution in [0.1, 0.15) is 136 Å². The summed E-state index contributed by atoms with van der Waals surface area (Å²) in [5, 5.41) is 32.8. The van der Waals surface area contributed by atoms with E-state index >= 15 is 0 Å². The molecule has 2 aromatic carbocycles. The minimum absolute atomic E-state index is 0.171. The monoisotopic (exact) mass is 1130 g/mol. The van der Waals surface area contributed by atoms with Crippen LogP contribution in [0.3, 0.4) is 0 Å². The number of benzene rings is 2. The fourth-order valence-corrected chi connectivity index (χ4v) is 9.73. The summed E-state index contributed by atoms with van der Waals surface area (Å²) in [7, 11) is 0. The maximum absolute atomic E-state index is 14.6. The van der Waals surface area contributed by atoms with E-state index in [9.17, 15) is 36.6 Å². The molecule has 8 rings (SSSR count). The van der Waals surface area contributed by atoms with Crippen molar-refractivity contribution in [3.8, 4) is 11.5 Å². The second-order valence-corrected chi connectivity index (χ2v) is 23.8. The quantitative estimate of drug-likeness (QED) is 0.0592. The van der Waals surface area contributed by atoms with Gasteiger partial charge in [0.2, 0.25) is 0 Å². The molecule has 4 heterocycles. The summed E-state index contributed by atoms with van der Waals surface area (Å²) < 4.78 is 82.3. The van der Waals surface area contributed by atoms with Crippen molar-refractivity contribution in [2.24, 2.45) is 10.8 Å². The number of aromatic nitrogens is 6. The van der Waals surface area contributed by atoms with Crippen LogP contribution in [-0.2, 0) is 43.0 Å². The van der Waals surface area contributed by atoms with Gasteiger partial charge in [0.25, 0.3) is 0 Å². The van der Waals surface area contributed by atoms with Crippen LogP contribution in [0.25, 0.3) is 0 Å². The van der Waals surface area contributed by atoms with E-state index in [0.29, 0.717) is 92.7 Å². The van der Waals surface area contributed by atoms with Gasteiger partial charge in [-0.1, -0.05) is 36.4 Å². The molecule has 4 N–H and O–H groups in total. The second kappa shape index (κ2) is 25.5. The van der Waals surface area contributed by atoms with Crippen molar-refractivity contribution >= 4 is 41.2 Å². The third-order valence-electron chi connectivity index (χ3n) is 13.9. The molecule has 0 spiro atoms. The SMILES string of the molecule is Cc1cccc(OC2CCC(Cc3cccc(Nc4ccnn4C(C)(C)C)n3)(C(=O)O)CC2)c1F.Cc1cccc(OC2CCC(Cc3cccc(Nc4ccnn4C(C)(C)C)n3)(C(=O)OC(C)(C)C)CC2)c1F.O=C(O)C(F)(F)F. The van der Waals surface area contributed by atoms with Gasteiger partial charge in [0.1, 0.15) is 28.9 Å². The van der Waals surface area contributed by atoms with Crippen molar-refractivity contribution < 1.29 is 60.8 Å². The van der Waals surface area contributed by atoms with Crippen molar-refractivity contribution in [1.29, 1.82) is 0 Å². The first-order chi connectivity index (χ1) is 37.8. The van der Waals surface area contributed by atoms with E-state index in [2.05, 4.69) is 62.4 Å². The number of esters is 1. The van der Waals surface area contributed by atoms with Crippen molar-refractivity contribution in [3.05, 3.63) is 131 Å². The number of hydrogen-bond donors (Lipinski definition) is 4. The lowest BCUT2D eigenvalue weighted by molar-refractivity contribution is -0.192. The van der Waals surface area contributed by atoms with Crippen molar-refractivity contribution in [2.45, 2.75) is 175 Å². The number of aliphatic carboxylic acids is 2. The lowest BCUT2D eigenvalue weighted by Gasteiger charge is -2.39. The van der Waals surface area contributed by atoms with Gasteiger partial charge in [0.05, 0.1) is 46.5 Å². The molecule has 0 saturated heterocycles. The molecule has 0 atom stereocenters. The number of halogens is 5. The highest BCUT2D eigenvalue weighted by Crippen LogP contribution is 2.44. The predicted octanol–water partition coefficient (Wildman–Crippen LogP) is 13.6. The van der Waals surface area contributed by atoms with Gasteiger partial charge >= 0.3 is 24.1 Å². The lowest BCUT2D eigenvalue weighted by atomic mass is 9.70. The molecule has 2 fully saturated rings. The number of aryl methyl sites for hydroxylation is 2. The zero-order chi connectivity index (χ0) is 59.7. The Kier molecular flexibility index (Phi) is 19.7. The van der Waals surface area contributed by atoms with Crippen LogP contribution in [0.4, 0.5) is 45.2 Å². The molecule has 2 aliphatic rings. The van der Waals surface area contributed by atoms with Gasteiger partial charge in [-0.25, -0.2) is 32.9 Å². The second-order valence-electron chi connectivity index (χ2n) is 23.8. The van der Waals surface area contributed by atoms with Crippen LogP contribution in [0, 0.1) is 36.3 Å². The van der Waals surface area contributed by atoms with E-state index in [-0.39, 0.29) is 52.4 Å². The maximum Gasteiger partial charge on any atom is 0.490 e. The Balaban J connectivity index is 0.000000234. The molecule has 0 unspecified atom stereocenters. The van der Waals surface area contributed by atoms with E-state index in [1.165, 1.54) is 0 Å². The van der Waals surface area contributed by atoms with Crippen LogP contribution in [0.2, 0.25) is 0 Å². The zero-order valence-corrected chi connectivity index (χ0v) is 47.9. The van der Waals surface area contributed by atoms with Gasteiger partial charge in [-0.3, -0.25) is 9.59 Å². The largest absolute Gasteiger partial charge is 0.490 e. The number of hydrogen-bond acceptors (Lipinski definition) is 12. The van der Waals surface area contributed by atoms with E-state index in [4.69, 9.17) is 34.1 Å². The Morgan fingerprint density at radius 1 is 0.593 bits per heavy atom. The number of ether oxygens (including phenoxy) is 3. The van der Waals surface area contributed by atoms with Gasteiger partial charge < -0.3 is 35.1 Å². The first-order valence-electron chi connectivity index (χ1n) is 26.9. The maximum atomic E-state index is 14.6. The molecule has 21 heteroatoms. The number of carboxylic acid groups (broad SMARTS) is 2. The Labute approximate surface area is 469 Å². The Bertz CT molecular complexity index is 3100. The van der Waals surface area contributed by atoms with Crippen LogP contribution in [0.5, 0.6) is 11.5 Å². The van der Waals surface area contributed by atoms with E-state index in [1.54, 1.807) is 62.6 Å². The van der Waals surface area contributed by atoms with Crippen LogP contribution < -0.4 is 20.1 Å². The smallest absolute Gasteiger partial charge is 0.487 e. The number of alkyl halides is 3.